The molecule has 0 bridgehead atoms. The van der Waals surface area contributed by atoms with Crippen molar-refractivity contribution < 1.29 is 19.3 Å². The zero-order chi connectivity index (χ0) is 22.7. The number of nitrogens with zero attached hydrogens (tertiary/aromatic N) is 3. The Morgan fingerprint density at radius 2 is 1.88 bits per heavy atom. The Labute approximate surface area is 205 Å². The molecule has 182 valence electrons. The molecule has 0 aliphatic carbocycles. The number of halogens is 1. The molecule has 3 aromatic rings. The Morgan fingerprint density at radius 3 is 2.68 bits per heavy atom. The Morgan fingerprint density at radius 1 is 1.09 bits per heavy atom. The average molecular weight is 487 g/mol. The standard InChI is InChI=1S/C25H30N4O4.ClH/c1-31-23-5-3-19-24(28-23)20(6-10-26-19)27-17-25(30)8-12-29(13-9-25)11-7-18-2-4-21-22(16-18)33-15-14-32-21;/h2-6,10,16,30H,7-9,11-15,17H2,1H3,(H,26,27);1H. The molecule has 0 amide bonds. The Hall–Kier alpha value is -2.81. The maximum Gasteiger partial charge on any atom is 0.213 e. The number of piperidine rings is 1. The van der Waals surface area contributed by atoms with Crippen molar-refractivity contribution in [3.63, 3.8) is 0 Å². The fraction of sp³-hybridized carbons (Fsp3) is 0.440. The molecule has 8 nitrogen and oxygen atoms in total. The summed E-state index contributed by atoms with van der Waals surface area (Å²) >= 11 is 0. The van der Waals surface area contributed by atoms with Crippen LogP contribution in [0.25, 0.3) is 11.0 Å². The third-order valence-corrected chi connectivity index (χ3v) is 6.49. The number of aliphatic hydroxyl groups is 1. The molecule has 1 saturated heterocycles. The molecule has 0 unspecified atom stereocenters. The van der Waals surface area contributed by atoms with Crippen molar-refractivity contribution in [3.05, 3.63) is 48.2 Å². The second-order valence-corrected chi connectivity index (χ2v) is 8.73. The van der Waals surface area contributed by atoms with Gasteiger partial charge in [-0.25, -0.2) is 4.98 Å². The maximum absolute atomic E-state index is 11.2. The molecule has 34 heavy (non-hydrogen) atoms. The summed E-state index contributed by atoms with van der Waals surface area (Å²) in [5.41, 5.74) is 2.89. The minimum absolute atomic E-state index is 0. The molecule has 9 heteroatoms. The van der Waals surface area contributed by atoms with E-state index in [0.29, 0.717) is 25.6 Å². The summed E-state index contributed by atoms with van der Waals surface area (Å²) in [5, 5.41) is 14.6. The number of fused-ring (bicyclic) bond motifs is 2. The summed E-state index contributed by atoms with van der Waals surface area (Å²) in [6.07, 6.45) is 4.15. The second kappa shape index (κ2) is 10.6. The van der Waals surface area contributed by atoms with Gasteiger partial charge in [-0.1, -0.05) is 6.07 Å². The quantitative estimate of drug-likeness (QED) is 0.526. The number of pyridine rings is 2. The van der Waals surface area contributed by atoms with Crippen molar-refractivity contribution in [2.45, 2.75) is 24.9 Å². The van der Waals surface area contributed by atoms with E-state index in [1.165, 1.54) is 5.56 Å². The Bertz CT molecular complexity index is 1120. The third kappa shape index (κ3) is 5.46. The second-order valence-electron chi connectivity index (χ2n) is 8.73. The number of anilines is 1. The van der Waals surface area contributed by atoms with E-state index < -0.39 is 5.60 Å². The highest BCUT2D eigenvalue weighted by molar-refractivity contribution is 5.87. The zero-order valence-corrected chi connectivity index (χ0v) is 20.1. The van der Waals surface area contributed by atoms with Gasteiger partial charge in [0.2, 0.25) is 5.88 Å². The molecule has 2 N–H and O–H groups in total. The summed E-state index contributed by atoms with van der Waals surface area (Å²) in [6.45, 7) is 4.38. The van der Waals surface area contributed by atoms with Gasteiger partial charge >= 0.3 is 0 Å². The van der Waals surface area contributed by atoms with Gasteiger partial charge in [-0.2, -0.15) is 0 Å². The van der Waals surface area contributed by atoms with Crippen molar-refractivity contribution >= 4 is 29.1 Å². The first-order chi connectivity index (χ1) is 16.1. The summed E-state index contributed by atoms with van der Waals surface area (Å²) in [6, 6.07) is 11.8. The van der Waals surface area contributed by atoms with Crippen LogP contribution in [-0.4, -0.2) is 72.1 Å². The fourth-order valence-corrected chi connectivity index (χ4v) is 4.42. The highest BCUT2D eigenvalue weighted by atomic mass is 35.5. The third-order valence-electron chi connectivity index (χ3n) is 6.49. The van der Waals surface area contributed by atoms with Crippen molar-refractivity contribution in [1.82, 2.24) is 14.9 Å². The lowest BCUT2D eigenvalue weighted by Gasteiger charge is -2.38. The molecule has 0 radical (unpaired) electrons. The number of nitrogens with one attached hydrogen (secondary N) is 1. The van der Waals surface area contributed by atoms with Gasteiger partial charge in [0.05, 0.1) is 23.9 Å². The minimum atomic E-state index is -0.748. The first-order valence-corrected chi connectivity index (χ1v) is 11.5. The van der Waals surface area contributed by atoms with Crippen LogP contribution in [0.2, 0.25) is 0 Å². The lowest BCUT2D eigenvalue weighted by Crippen LogP contribution is -2.48. The van der Waals surface area contributed by atoms with Crippen molar-refractivity contribution in [1.29, 1.82) is 0 Å². The molecule has 1 aromatic carbocycles. The first kappa shape index (κ1) is 24.3. The summed E-state index contributed by atoms with van der Waals surface area (Å²) in [7, 11) is 1.60. The number of methoxy groups -OCH3 is 1. The predicted octanol–water partition coefficient (Wildman–Crippen LogP) is 3.31. The molecule has 5 rings (SSSR count). The lowest BCUT2D eigenvalue weighted by atomic mass is 9.91. The summed E-state index contributed by atoms with van der Waals surface area (Å²) < 4.78 is 16.5. The number of ether oxygens (including phenoxy) is 3. The fourth-order valence-electron chi connectivity index (χ4n) is 4.42. The van der Waals surface area contributed by atoms with Crippen molar-refractivity contribution in [3.8, 4) is 17.4 Å². The number of hydrogen-bond acceptors (Lipinski definition) is 8. The normalized spacial score (nSPS) is 17.1. The van der Waals surface area contributed by atoms with Gasteiger partial charge in [0.15, 0.2) is 11.5 Å². The van der Waals surface area contributed by atoms with E-state index >= 15 is 0 Å². The van der Waals surface area contributed by atoms with Crippen LogP contribution in [0.3, 0.4) is 0 Å². The summed E-state index contributed by atoms with van der Waals surface area (Å²) in [4.78, 5) is 11.3. The zero-order valence-electron chi connectivity index (χ0n) is 19.3. The highest BCUT2D eigenvalue weighted by Crippen LogP contribution is 2.31. The van der Waals surface area contributed by atoms with Crippen LogP contribution in [0, 0.1) is 0 Å². The lowest BCUT2D eigenvalue weighted by molar-refractivity contribution is -0.00969. The average Bonchev–Trinajstić information content (AvgIpc) is 2.87. The summed E-state index contributed by atoms with van der Waals surface area (Å²) in [5.74, 6) is 2.22. The molecule has 0 spiro atoms. The topological polar surface area (TPSA) is 89.0 Å². The predicted molar refractivity (Wildman–Crippen MR) is 134 cm³/mol. The number of likely N-dealkylation sites (tertiary alicyclic amines) is 1. The van der Waals surface area contributed by atoms with Crippen LogP contribution in [0.5, 0.6) is 17.4 Å². The first-order valence-electron chi connectivity index (χ1n) is 11.5. The van der Waals surface area contributed by atoms with Crippen LogP contribution >= 0.6 is 12.4 Å². The van der Waals surface area contributed by atoms with Gasteiger partial charge in [-0.05, 0) is 49.1 Å². The number of aromatic nitrogens is 2. The minimum Gasteiger partial charge on any atom is -0.486 e. The van der Waals surface area contributed by atoms with Crippen LogP contribution in [0.1, 0.15) is 18.4 Å². The molecular weight excluding hydrogens is 456 g/mol. The molecule has 2 aliphatic rings. The van der Waals surface area contributed by atoms with Crippen LogP contribution in [0.15, 0.2) is 42.6 Å². The van der Waals surface area contributed by atoms with E-state index in [1.807, 2.05) is 18.2 Å². The molecule has 0 saturated carbocycles. The number of rotatable bonds is 7. The van der Waals surface area contributed by atoms with Gasteiger partial charge in [-0.3, -0.25) is 4.98 Å². The smallest absolute Gasteiger partial charge is 0.213 e. The largest absolute Gasteiger partial charge is 0.486 e. The van der Waals surface area contributed by atoms with E-state index in [1.54, 1.807) is 19.4 Å². The van der Waals surface area contributed by atoms with Gasteiger partial charge in [0, 0.05) is 38.4 Å². The molecule has 4 heterocycles. The monoisotopic (exact) mass is 486 g/mol. The number of benzene rings is 1. The van der Waals surface area contributed by atoms with E-state index in [0.717, 1.165) is 67.1 Å². The van der Waals surface area contributed by atoms with Gasteiger partial charge < -0.3 is 29.5 Å². The maximum atomic E-state index is 11.2. The molecule has 1 fully saturated rings. The van der Waals surface area contributed by atoms with E-state index in [4.69, 9.17) is 14.2 Å². The van der Waals surface area contributed by atoms with Crippen LogP contribution < -0.4 is 19.5 Å². The molecule has 2 aliphatic heterocycles. The Kier molecular flexibility index (Phi) is 7.60. The molecule has 2 aromatic heterocycles. The van der Waals surface area contributed by atoms with Gasteiger partial charge in [-0.15, -0.1) is 12.4 Å². The SMILES string of the molecule is COc1ccc2nccc(NCC3(O)CCN(CCc4ccc5c(c4)OCCO5)CC3)c2n1.Cl. The van der Waals surface area contributed by atoms with E-state index in [9.17, 15) is 5.11 Å². The van der Waals surface area contributed by atoms with Crippen LogP contribution in [-0.2, 0) is 6.42 Å². The number of hydrogen-bond donors (Lipinski definition) is 2. The van der Waals surface area contributed by atoms with Crippen molar-refractivity contribution in [2.24, 2.45) is 0 Å². The highest BCUT2D eigenvalue weighted by Gasteiger charge is 2.32. The van der Waals surface area contributed by atoms with Crippen LogP contribution in [0.4, 0.5) is 5.69 Å². The Balaban J connectivity index is 0.00000274. The van der Waals surface area contributed by atoms with Gasteiger partial charge in [0.25, 0.3) is 0 Å². The van der Waals surface area contributed by atoms with Gasteiger partial charge in [0.1, 0.15) is 18.7 Å². The molecule has 0 atom stereocenters. The van der Waals surface area contributed by atoms with E-state index in [-0.39, 0.29) is 12.4 Å². The molecular formula is C25H31ClN4O4. The van der Waals surface area contributed by atoms with Crippen molar-refractivity contribution in [2.75, 3.05) is 51.8 Å². The van der Waals surface area contributed by atoms with E-state index in [2.05, 4.69) is 32.3 Å².